The van der Waals surface area contributed by atoms with Crippen LogP contribution < -0.4 is 10.6 Å². The van der Waals surface area contributed by atoms with Gasteiger partial charge >= 0.3 is 0 Å². The highest BCUT2D eigenvalue weighted by molar-refractivity contribution is 5.94. The van der Waals surface area contributed by atoms with Crippen LogP contribution in [-0.2, 0) is 0 Å². The first kappa shape index (κ1) is 34.8. The van der Waals surface area contributed by atoms with Gasteiger partial charge in [0.15, 0.2) is 5.69 Å². The largest absolute Gasteiger partial charge is 0.492 e. The molecular formula is C35H52N6O3. The highest BCUT2D eigenvalue weighted by atomic mass is 16.3. The summed E-state index contributed by atoms with van der Waals surface area (Å²) in [7, 11) is 0. The summed E-state index contributed by atoms with van der Waals surface area (Å²) in [6.07, 6.45) is 11.9. The van der Waals surface area contributed by atoms with Crippen LogP contribution in [0.2, 0.25) is 0 Å². The molecule has 2 heterocycles. The van der Waals surface area contributed by atoms with Crippen molar-refractivity contribution in [3.8, 4) is 11.9 Å². The van der Waals surface area contributed by atoms with Gasteiger partial charge in [-0.15, -0.1) is 5.11 Å². The SMILES string of the molecule is CCCCC(CC)CN(CC(CC)CCCC)C(=O)c1ccc(N=Nc2c(C)c(C#N)c(O)n(N3CCCCC3)c2=O)cc1. The normalized spacial score (nSPS) is 14.9. The van der Waals surface area contributed by atoms with Crippen molar-refractivity contribution in [2.24, 2.45) is 22.1 Å². The number of piperidine rings is 1. The van der Waals surface area contributed by atoms with E-state index < -0.39 is 5.56 Å². The molecule has 1 saturated heterocycles. The second kappa shape index (κ2) is 17.6. The molecule has 9 heteroatoms. The summed E-state index contributed by atoms with van der Waals surface area (Å²) in [4.78, 5) is 29.3. The Kier molecular flexibility index (Phi) is 13.9. The van der Waals surface area contributed by atoms with Gasteiger partial charge in [-0.3, -0.25) is 9.59 Å². The van der Waals surface area contributed by atoms with E-state index in [9.17, 15) is 20.0 Å². The first-order valence-electron chi connectivity index (χ1n) is 16.7. The minimum Gasteiger partial charge on any atom is -0.492 e. The smallest absolute Gasteiger partial charge is 0.300 e. The lowest BCUT2D eigenvalue weighted by Gasteiger charge is -2.31. The molecular weight excluding hydrogens is 552 g/mol. The van der Waals surface area contributed by atoms with Crippen molar-refractivity contribution in [3.63, 3.8) is 0 Å². The second-order valence-electron chi connectivity index (χ2n) is 12.2. The lowest BCUT2D eigenvalue weighted by atomic mass is 9.95. The zero-order chi connectivity index (χ0) is 32.1. The Bertz CT molecular complexity index is 1320. The molecule has 0 radical (unpaired) electrons. The molecule has 2 unspecified atom stereocenters. The lowest BCUT2D eigenvalue weighted by molar-refractivity contribution is 0.0685. The maximum absolute atomic E-state index is 13.8. The highest BCUT2D eigenvalue weighted by Crippen LogP contribution is 2.28. The molecule has 2 aromatic rings. The Morgan fingerprint density at radius 2 is 1.52 bits per heavy atom. The van der Waals surface area contributed by atoms with Crippen LogP contribution in [0.3, 0.4) is 0 Å². The molecule has 2 atom stereocenters. The van der Waals surface area contributed by atoms with Gasteiger partial charge in [-0.2, -0.15) is 15.1 Å². The summed E-state index contributed by atoms with van der Waals surface area (Å²) in [6, 6.07) is 9.05. The van der Waals surface area contributed by atoms with Crippen LogP contribution in [0.5, 0.6) is 5.88 Å². The Morgan fingerprint density at radius 1 is 0.955 bits per heavy atom. The molecule has 1 fully saturated rings. The van der Waals surface area contributed by atoms with E-state index >= 15 is 0 Å². The summed E-state index contributed by atoms with van der Waals surface area (Å²) in [5.74, 6) is 0.645. The predicted octanol–water partition coefficient (Wildman–Crippen LogP) is 8.15. The number of amides is 1. The van der Waals surface area contributed by atoms with Gasteiger partial charge in [-0.25, -0.2) is 0 Å². The summed E-state index contributed by atoms with van der Waals surface area (Å²) < 4.78 is 1.17. The van der Waals surface area contributed by atoms with E-state index in [1.807, 2.05) is 6.07 Å². The third-order valence-corrected chi connectivity index (χ3v) is 8.99. The Hall–Kier alpha value is -3.67. The minimum absolute atomic E-state index is 0.0128. The zero-order valence-corrected chi connectivity index (χ0v) is 27.5. The molecule has 0 spiro atoms. The molecule has 1 aromatic heterocycles. The lowest BCUT2D eigenvalue weighted by Crippen LogP contribution is -2.45. The fraction of sp³-hybridized carbons (Fsp3) is 0.629. The molecule has 0 saturated carbocycles. The number of hydrogen-bond acceptors (Lipinski definition) is 7. The molecule has 1 aromatic carbocycles. The van der Waals surface area contributed by atoms with Crippen LogP contribution in [0.1, 0.15) is 120 Å². The molecule has 1 N–H and O–H groups in total. The van der Waals surface area contributed by atoms with Crippen LogP contribution in [0, 0.1) is 30.1 Å². The van der Waals surface area contributed by atoms with E-state index in [0.717, 1.165) is 70.9 Å². The average Bonchev–Trinajstić information content (AvgIpc) is 3.04. The Labute approximate surface area is 263 Å². The number of hydrogen-bond donors (Lipinski definition) is 1. The number of nitrogens with zero attached hydrogens (tertiary/aromatic N) is 6. The van der Waals surface area contributed by atoms with Crippen molar-refractivity contribution in [2.45, 2.75) is 105 Å². The number of pyridine rings is 1. The first-order valence-corrected chi connectivity index (χ1v) is 16.7. The molecule has 240 valence electrons. The highest BCUT2D eigenvalue weighted by Gasteiger charge is 2.25. The number of benzene rings is 1. The van der Waals surface area contributed by atoms with Gasteiger partial charge in [0.2, 0.25) is 5.88 Å². The number of aromatic hydroxyl groups is 1. The Morgan fingerprint density at radius 3 is 2.02 bits per heavy atom. The van der Waals surface area contributed by atoms with Crippen molar-refractivity contribution >= 4 is 17.3 Å². The third-order valence-electron chi connectivity index (χ3n) is 8.99. The fourth-order valence-electron chi connectivity index (χ4n) is 6.00. The summed E-state index contributed by atoms with van der Waals surface area (Å²) in [5, 5.41) is 30.8. The van der Waals surface area contributed by atoms with Gasteiger partial charge in [0, 0.05) is 37.3 Å². The van der Waals surface area contributed by atoms with E-state index in [0.29, 0.717) is 36.2 Å². The van der Waals surface area contributed by atoms with Gasteiger partial charge in [-0.05, 0) is 75.1 Å². The zero-order valence-electron chi connectivity index (χ0n) is 27.5. The molecule has 1 aliphatic heterocycles. The van der Waals surface area contributed by atoms with Crippen molar-refractivity contribution < 1.29 is 9.90 Å². The Balaban J connectivity index is 1.87. The summed E-state index contributed by atoms with van der Waals surface area (Å²) in [6.45, 7) is 13.2. The maximum Gasteiger partial charge on any atom is 0.300 e. The van der Waals surface area contributed by atoms with E-state index in [4.69, 9.17) is 0 Å². The van der Waals surface area contributed by atoms with E-state index in [1.165, 1.54) is 17.5 Å². The first-order chi connectivity index (χ1) is 21.3. The molecule has 3 rings (SSSR count). The maximum atomic E-state index is 13.8. The van der Waals surface area contributed by atoms with Crippen LogP contribution in [0.15, 0.2) is 39.3 Å². The number of unbranched alkanes of at least 4 members (excludes halogenated alkanes) is 2. The van der Waals surface area contributed by atoms with E-state index in [-0.39, 0.29) is 28.6 Å². The van der Waals surface area contributed by atoms with Gasteiger partial charge in [0.05, 0.1) is 5.69 Å². The molecule has 1 aliphatic rings. The molecule has 1 amide bonds. The van der Waals surface area contributed by atoms with E-state index in [1.54, 1.807) is 36.2 Å². The molecule has 0 bridgehead atoms. The van der Waals surface area contributed by atoms with Crippen LogP contribution in [-0.4, -0.2) is 46.8 Å². The van der Waals surface area contributed by atoms with Gasteiger partial charge in [0.25, 0.3) is 11.5 Å². The van der Waals surface area contributed by atoms with Gasteiger partial charge in [0.1, 0.15) is 11.6 Å². The van der Waals surface area contributed by atoms with Gasteiger partial charge in [-0.1, -0.05) is 66.2 Å². The monoisotopic (exact) mass is 604 g/mol. The number of carbonyl (C=O) groups excluding carboxylic acids is 1. The topological polar surface area (TPSA) is 114 Å². The number of carbonyl (C=O) groups is 1. The van der Waals surface area contributed by atoms with Crippen LogP contribution in [0.4, 0.5) is 11.4 Å². The molecule has 0 aliphatic carbocycles. The number of nitriles is 1. The average molecular weight is 605 g/mol. The second-order valence-corrected chi connectivity index (χ2v) is 12.2. The molecule has 44 heavy (non-hydrogen) atoms. The van der Waals surface area contributed by atoms with Crippen molar-refractivity contribution in [1.82, 2.24) is 9.58 Å². The number of azo groups is 1. The standard InChI is InChI=1S/C35H52N6O3/c1-6-10-15-27(8-3)24-39(25-28(9-4)16-11-7-2)33(42)29-17-19-30(20-18-29)37-38-32-26(5)31(23-36)34(43)41(35(32)44)40-21-13-12-14-22-40/h17-20,27-28,43H,6-16,21-22,24-25H2,1-5H3. The van der Waals surface area contributed by atoms with Gasteiger partial charge < -0.3 is 15.0 Å². The number of aromatic nitrogens is 1. The third kappa shape index (κ3) is 8.93. The fourth-order valence-corrected chi connectivity index (χ4v) is 6.00. The summed E-state index contributed by atoms with van der Waals surface area (Å²) in [5.41, 5.74) is 0.919. The number of rotatable bonds is 16. The van der Waals surface area contributed by atoms with Crippen LogP contribution in [0.25, 0.3) is 0 Å². The van der Waals surface area contributed by atoms with Crippen molar-refractivity contribution in [2.75, 3.05) is 31.2 Å². The quantitative estimate of drug-likeness (QED) is 0.194. The summed E-state index contributed by atoms with van der Waals surface area (Å²) >= 11 is 0. The minimum atomic E-state index is -0.505. The van der Waals surface area contributed by atoms with Crippen molar-refractivity contribution in [3.05, 3.63) is 51.3 Å². The van der Waals surface area contributed by atoms with E-state index in [2.05, 4.69) is 42.8 Å². The molecule has 9 nitrogen and oxygen atoms in total. The van der Waals surface area contributed by atoms with Crippen LogP contribution >= 0.6 is 0 Å². The van der Waals surface area contributed by atoms with Crippen molar-refractivity contribution in [1.29, 1.82) is 5.26 Å². The predicted molar refractivity (Wildman–Crippen MR) is 177 cm³/mol.